The van der Waals surface area contributed by atoms with Gasteiger partial charge in [0.15, 0.2) is 5.78 Å². The molecule has 0 spiro atoms. The van der Waals surface area contributed by atoms with Gasteiger partial charge in [-0.25, -0.2) is 0 Å². The maximum Gasteiger partial charge on any atom is 0.192 e. The summed E-state index contributed by atoms with van der Waals surface area (Å²) in [7, 11) is 0. The van der Waals surface area contributed by atoms with E-state index in [2.05, 4.69) is 6.07 Å². The fourth-order valence-electron chi connectivity index (χ4n) is 2.97. The number of ketones is 1. The molecule has 0 heterocycles. The van der Waals surface area contributed by atoms with Crippen LogP contribution in [0.25, 0.3) is 6.08 Å². The average Bonchev–Trinajstić information content (AvgIpc) is 2.57. The molecule has 0 atom stereocenters. The molecule has 1 aliphatic carbocycles. The van der Waals surface area contributed by atoms with Gasteiger partial charge in [-0.2, -0.15) is 0 Å². The van der Waals surface area contributed by atoms with Gasteiger partial charge in [0.2, 0.25) is 0 Å². The first kappa shape index (κ1) is 15.3. The minimum absolute atomic E-state index is 0.0713. The molecule has 116 valence electrons. The highest BCUT2D eigenvalue weighted by molar-refractivity contribution is 6.09. The molecular formula is C21H20O2. The Morgan fingerprint density at radius 2 is 1.83 bits per heavy atom. The minimum Gasteiger partial charge on any atom is -0.507 e. The SMILES string of the molecule is Cc1cccc(/C=C2\CCCC(C(=O)c3ccccc3)=C2O)c1. The molecule has 0 unspecified atom stereocenters. The predicted molar refractivity (Wildman–Crippen MR) is 93.4 cm³/mol. The average molecular weight is 304 g/mol. The van der Waals surface area contributed by atoms with Gasteiger partial charge in [0, 0.05) is 11.1 Å². The summed E-state index contributed by atoms with van der Waals surface area (Å²) in [4.78, 5) is 12.6. The Hall–Kier alpha value is -2.61. The smallest absolute Gasteiger partial charge is 0.192 e. The molecule has 2 aromatic carbocycles. The summed E-state index contributed by atoms with van der Waals surface area (Å²) in [5, 5.41) is 10.6. The van der Waals surface area contributed by atoms with E-state index in [1.54, 1.807) is 12.1 Å². The molecule has 0 aromatic heterocycles. The van der Waals surface area contributed by atoms with Crippen LogP contribution in [0.1, 0.15) is 40.7 Å². The second-order valence-corrected chi connectivity index (χ2v) is 5.96. The van der Waals surface area contributed by atoms with Crippen LogP contribution in [-0.4, -0.2) is 10.9 Å². The predicted octanol–water partition coefficient (Wildman–Crippen LogP) is 5.26. The van der Waals surface area contributed by atoms with Crippen LogP contribution in [0, 0.1) is 6.92 Å². The minimum atomic E-state index is -0.0713. The highest BCUT2D eigenvalue weighted by atomic mass is 16.3. The summed E-state index contributed by atoms with van der Waals surface area (Å²) in [5.74, 6) is 0.0875. The third-order valence-electron chi connectivity index (χ3n) is 4.16. The van der Waals surface area contributed by atoms with E-state index in [1.165, 1.54) is 5.56 Å². The summed E-state index contributed by atoms with van der Waals surface area (Å²) in [6, 6.07) is 17.3. The van der Waals surface area contributed by atoms with Gasteiger partial charge in [-0.1, -0.05) is 60.2 Å². The third-order valence-corrected chi connectivity index (χ3v) is 4.16. The molecule has 2 aromatic rings. The molecule has 3 rings (SSSR count). The van der Waals surface area contributed by atoms with Crippen LogP contribution in [0.15, 0.2) is 71.5 Å². The number of allylic oxidation sites excluding steroid dienone is 2. The lowest BCUT2D eigenvalue weighted by Crippen LogP contribution is -2.12. The number of rotatable bonds is 3. The van der Waals surface area contributed by atoms with E-state index in [9.17, 15) is 9.90 Å². The van der Waals surface area contributed by atoms with Gasteiger partial charge in [-0.3, -0.25) is 4.79 Å². The Morgan fingerprint density at radius 1 is 1.04 bits per heavy atom. The molecule has 0 fully saturated rings. The first-order chi connectivity index (χ1) is 11.1. The summed E-state index contributed by atoms with van der Waals surface area (Å²) >= 11 is 0. The molecule has 0 amide bonds. The van der Waals surface area contributed by atoms with Crippen molar-refractivity contribution in [3.8, 4) is 0 Å². The van der Waals surface area contributed by atoms with Crippen molar-refractivity contribution < 1.29 is 9.90 Å². The van der Waals surface area contributed by atoms with E-state index in [0.717, 1.165) is 24.0 Å². The fraction of sp³-hybridized carbons (Fsp3) is 0.190. The van der Waals surface area contributed by atoms with E-state index in [-0.39, 0.29) is 11.5 Å². The molecule has 1 N–H and O–H groups in total. The monoisotopic (exact) mass is 304 g/mol. The number of benzene rings is 2. The van der Waals surface area contributed by atoms with Gasteiger partial charge >= 0.3 is 0 Å². The Labute approximate surface area is 136 Å². The molecule has 0 aliphatic heterocycles. The first-order valence-electron chi connectivity index (χ1n) is 7.94. The summed E-state index contributed by atoms with van der Waals surface area (Å²) in [6.07, 6.45) is 4.30. The molecule has 0 bridgehead atoms. The maximum absolute atomic E-state index is 12.6. The molecule has 2 nitrogen and oxygen atoms in total. The van der Waals surface area contributed by atoms with Crippen LogP contribution < -0.4 is 0 Å². The van der Waals surface area contributed by atoms with Crippen molar-refractivity contribution in [2.24, 2.45) is 0 Å². The van der Waals surface area contributed by atoms with Crippen molar-refractivity contribution in [3.05, 3.63) is 88.2 Å². The number of aliphatic hydroxyl groups is 1. The van der Waals surface area contributed by atoms with Gasteiger partial charge in [0.1, 0.15) is 5.76 Å². The zero-order valence-electron chi connectivity index (χ0n) is 13.3. The largest absolute Gasteiger partial charge is 0.507 e. The lowest BCUT2D eigenvalue weighted by Gasteiger charge is -2.18. The van der Waals surface area contributed by atoms with Crippen LogP contribution in [-0.2, 0) is 0 Å². The summed E-state index contributed by atoms with van der Waals surface area (Å²) in [5.41, 5.74) is 4.24. The van der Waals surface area contributed by atoms with Crippen LogP contribution in [0.4, 0.5) is 0 Å². The lowest BCUT2D eigenvalue weighted by atomic mass is 9.88. The second kappa shape index (κ2) is 6.66. The molecule has 0 saturated heterocycles. The standard InChI is InChI=1S/C21H20O2/c1-15-7-5-8-16(13-15)14-18-11-6-12-19(21(18)23)20(22)17-9-3-2-4-10-17/h2-5,7-10,13-14,23H,6,11-12H2,1H3/b18-14+. The Kier molecular flexibility index (Phi) is 4.42. The third kappa shape index (κ3) is 3.42. The zero-order chi connectivity index (χ0) is 16.2. The first-order valence-corrected chi connectivity index (χ1v) is 7.94. The number of Topliss-reactive ketones (excluding diaryl/α,β-unsaturated/α-hetero) is 1. The van der Waals surface area contributed by atoms with Gasteiger partial charge in [0.25, 0.3) is 0 Å². The highest BCUT2D eigenvalue weighted by Crippen LogP contribution is 2.31. The van der Waals surface area contributed by atoms with E-state index in [0.29, 0.717) is 17.6 Å². The van der Waals surface area contributed by atoms with Gasteiger partial charge < -0.3 is 5.11 Å². The maximum atomic E-state index is 12.6. The number of aryl methyl sites for hydroxylation is 1. The zero-order valence-corrected chi connectivity index (χ0v) is 13.3. The molecule has 0 saturated carbocycles. The number of carbonyl (C=O) groups excluding carboxylic acids is 1. The molecule has 2 heteroatoms. The van der Waals surface area contributed by atoms with E-state index in [4.69, 9.17) is 0 Å². The fourth-order valence-corrected chi connectivity index (χ4v) is 2.97. The van der Waals surface area contributed by atoms with Crippen molar-refractivity contribution in [3.63, 3.8) is 0 Å². The van der Waals surface area contributed by atoms with Crippen LogP contribution in [0.2, 0.25) is 0 Å². The normalized spacial score (nSPS) is 16.7. The Balaban J connectivity index is 1.96. The van der Waals surface area contributed by atoms with E-state index >= 15 is 0 Å². The van der Waals surface area contributed by atoms with E-state index < -0.39 is 0 Å². The van der Waals surface area contributed by atoms with Crippen molar-refractivity contribution in [1.82, 2.24) is 0 Å². The van der Waals surface area contributed by atoms with Crippen molar-refractivity contribution in [2.75, 3.05) is 0 Å². The lowest BCUT2D eigenvalue weighted by molar-refractivity contribution is 0.102. The number of carbonyl (C=O) groups is 1. The number of hydrogen-bond donors (Lipinski definition) is 1. The summed E-state index contributed by atoms with van der Waals surface area (Å²) < 4.78 is 0. The second-order valence-electron chi connectivity index (χ2n) is 5.96. The highest BCUT2D eigenvalue weighted by Gasteiger charge is 2.23. The van der Waals surface area contributed by atoms with E-state index in [1.807, 2.05) is 49.4 Å². The Morgan fingerprint density at radius 3 is 2.57 bits per heavy atom. The quantitative estimate of drug-likeness (QED) is 0.786. The van der Waals surface area contributed by atoms with Gasteiger partial charge in [-0.15, -0.1) is 0 Å². The molecule has 23 heavy (non-hydrogen) atoms. The van der Waals surface area contributed by atoms with Gasteiger partial charge in [0.05, 0.1) is 0 Å². The van der Waals surface area contributed by atoms with Crippen LogP contribution in [0.5, 0.6) is 0 Å². The van der Waals surface area contributed by atoms with Gasteiger partial charge in [-0.05, 0) is 43.4 Å². The molecule has 1 aliphatic rings. The van der Waals surface area contributed by atoms with Crippen molar-refractivity contribution >= 4 is 11.9 Å². The van der Waals surface area contributed by atoms with Crippen LogP contribution >= 0.6 is 0 Å². The van der Waals surface area contributed by atoms with Crippen molar-refractivity contribution in [1.29, 1.82) is 0 Å². The molecule has 0 radical (unpaired) electrons. The van der Waals surface area contributed by atoms with Crippen LogP contribution in [0.3, 0.4) is 0 Å². The Bertz CT molecular complexity index is 782. The topological polar surface area (TPSA) is 37.3 Å². The molecular weight excluding hydrogens is 284 g/mol. The van der Waals surface area contributed by atoms with Crippen molar-refractivity contribution in [2.45, 2.75) is 26.2 Å². The summed E-state index contributed by atoms with van der Waals surface area (Å²) in [6.45, 7) is 2.04. The number of hydrogen-bond acceptors (Lipinski definition) is 2. The number of aliphatic hydroxyl groups excluding tert-OH is 1.